The molecule has 4 heavy (non-hydrogen) atoms. The van der Waals surface area contributed by atoms with Crippen LogP contribution in [0.1, 0.15) is 1.37 Å². The molecule has 0 spiro atoms. The van der Waals surface area contributed by atoms with Gasteiger partial charge in [-0.1, -0.05) is 0 Å². The maximum absolute atomic E-state index is 7.38. The van der Waals surface area contributed by atoms with Crippen LogP contribution in [-0.4, -0.2) is 0 Å². The molecule has 0 aliphatic heterocycles. The molecule has 0 aromatic carbocycles. The monoisotopic (exact) mass is 48.0 g/mol. The fourth-order valence-corrected chi connectivity index (χ4v) is 0. The van der Waals surface area contributed by atoms with Gasteiger partial charge in [0.05, 0.1) is 0 Å². The molecule has 2 heteroatoms. The zero-order chi connectivity index (χ0) is 3.41. The smallest absolute Gasteiger partial charge is 0.305 e. The van der Waals surface area contributed by atoms with Gasteiger partial charge in [-0.25, -0.2) is 5.26 Å². The first-order valence-electron chi connectivity index (χ1n) is 1.09. The quantitative estimate of drug-likeness (QED) is 0.216. The van der Waals surface area contributed by atoms with Crippen molar-refractivity contribution in [1.82, 2.24) is 0 Å². The second-order valence-corrected chi connectivity index (χ2v) is 0.129. The van der Waals surface area contributed by atoms with Crippen LogP contribution >= 0.6 is 0 Å². The van der Waals surface area contributed by atoms with E-state index in [9.17, 15) is 0 Å². The Morgan fingerprint density at radius 2 is 2.50 bits per heavy atom. The van der Waals surface area contributed by atoms with Gasteiger partial charge in [-0.05, 0) is 0 Å². The van der Waals surface area contributed by atoms with Crippen LogP contribution in [0.25, 0.3) is 0 Å². The topological polar surface area (TPSA) is 23.8 Å². The van der Waals surface area contributed by atoms with Crippen LogP contribution in [0, 0.1) is 18.2 Å². The average Bonchev–Trinajstić information content (AvgIpc) is 1.37. The Labute approximate surface area is 39.2 Å². The molecule has 0 fully saturated rings. The first-order chi connectivity index (χ1) is 1.91. The van der Waals surface area contributed by atoms with Gasteiger partial charge in [0.1, 0.15) is 0 Å². The molecule has 0 unspecified atom stereocenters. The van der Waals surface area contributed by atoms with Gasteiger partial charge in [0, 0.05) is 0 Å². The van der Waals surface area contributed by atoms with E-state index in [0.29, 0.717) is 6.90 Å². The van der Waals surface area contributed by atoms with Crippen LogP contribution in [-0.2, 0) is 0 Å². The van der Waals surface area contributed by atoms with E-state index in [2.05, 4.69) is 0 Å². The first kappa shape index (κ1) is 3.96. The standard InChI is InChI=1S/C2H2N.Li/c1-2-3;/h1H2;/q-1;+1/i1D;. The molecule has 0 aliphatic carbocycles. The number of nitriles is 1. The number of hydrogen-bond acceptors (Lipinski definition) is 1. The van der Waals surface area contributed by atoms with E-state index in [4.69, 9.17) is 6.63 Å². The summed E-state index contributed by atoms with van der Waals surface area (Å²) >= 11 is 0. The molecule has 16 valence electrons. The summed E-state index contributed by atoms with van der Waals surface area (Å²) in [4.78, 5) is 0. The van der Waals surface area contributed by atoms with Crippen molar-refractivity contribution in [2.45, 2.75) is 0 Å². The third-order valence-electron chi connectivity index (χ3n) is 0. The molecule has 0 aliphatic rings. The van der Waals surface area contributed by atoms with Crippen molar-refractivity contribution in [3.8, 4) is 6.07 Å². The van der Waals surface area contributed by atoms with Crippen LogP contribution in [0.5, 0.6) is 0 Å². The largest absolute Gasteiger partial charge is 1.00 e. The number of nitrogens with zero attached hydrogens (tertiary/aromatic N) is 1. The Hall–Kier alpha value is -0.0426. The molecule has 0 rings (SSSR count). The van der Waals surface area contributed by atoms with Gasteiger partial charge in [-0.15, -0.1) is 6.07 Å². The molecule has 1 nitrogen and oxygen atoms in total. The van der Waals surface area contributed by atoms with Crippen molar-refractivity contribution in [2.75, 3.05) is 0 Å². The third-order valence-corrected chi connectivity index (χ3v) is 0. The molecule has 0 aromatic rings. The minimum absolute atomic E-state index is 0. The third kappa shape index (κ3) is 989. The van der Waals surface area contributed by atoms with Crippen LogP contribution in [0.3, 0.4) is 0 Å². The predicted molar refractivity (Wildman–Crippen MR) is 11.0 cm³/mol. The molecule has 0 radical (unpaired) electrons. The average molecular weight is 48.0 g/mol. The van der Waals surface area contributed by atoms with Crippen LogP contribution in [0.2, 0.25) is 0 Å². The van der Waals surface area contributed by atoms with Gasteiger partial charge in [-0.3, -0.25) is 0 Å². The fourth-order valence-electron chi connectivity index (χ4n) is 0. The van der Waals surface area contributed by atoms with Crippen molar-refractivity contribution in [1.29, 1.82) is 5.26 Å². The molecule has 0 saturated carbocycles. The molecule has 0 N–H and O–H groups in total. The zero-order valence-electron chi connectivity index (χ0n) is 3.52. The van der Waals surface area contributed by atoms with E-state index < -0.39 is 0 Å². The van der Waals surface area contributed by atoms with E-state index in [0.717, 1.165) is 0 Å². The predicted octanol–water partition coefficient (Wildman–Crippen LogP) is -2.65. The van der Waals surface area contributed by atoms with Gasteiger partial charge in [0.2, 0.25) is 0 Å². The Kier molecular flexibility index (Phi) is 12.2. The van der Waals surface area contributed by atoms with Crippen molar-refractivity contribution in [2.24, 2.45) is 0 Å². The Morgan fingerprint density at radius 1 is 2.25 bits per heavy atom. The summed E-state index contributed by atoms with van der Waals surface area (Å²) in [6.07, 6.45) is 0. The van der Waals surface area contributed by atoms with E-state index in [1.807, 2.05) is 0 Å². The maximum Gasteiger partial charge on any atom is 1.00 e. The van der Waals surface area contributed by atoms with E-state index >= 15 is 0 Å². The van der Waals surface area contributed by atoms with Crippen molar-refractivity contribution >= 4 is 0 Å². The maximum atomic E-state index is 7.38. The number of rotatable bonds is 0. The van der Waals surface area contributed by atoms with E-state index in [1.54, 1.807) is 0 Å². The summed E-state index contributed by atoms with van der Waals surface area (Å²) in [7, 11) is 0. The van der Waals surface area contributed by atoms with Crippen LogP contribution in [0.4, 0.5) is 0 Å². The van der Waals surface area contributed by atoms with Crippen molar-refractivity contribution in [3.05, 3.63) is 6.90 Å². The van der Waals surface area contributed by atoms with Crippen molar-refractivity contribution < 1.29 is 20.2 Å². The summed E-state index contributed by atoms with van der Waals surface area (Å²) in [5, 5.41) is 7.38. The van der Waals surface area contributed by atoms with Gasteiger partial charge in [-0.2, -0.15) is 1.37 Å². The van der Waals surface area contributed by atoms with Crippen LogP contribution < -0.4 is 18.9 Å². The van der Waals surface area contributed by atoms with Crippen LogP contribution in [0.15, 0.2) is 0 Å². The van der Waals surface area contributed by atoms with E-state index in [1.165, 1.54) is 6.07 Å². The SMILES string of the molecule is [2H][CH-]C#N.[Li+]. The Bertz CT molecular complexity index is 39.4. The molecule has 0 amide bonds. The summed E-state index contributed by atoms with van der Waals surface area (Å²) in [5.74, 6) is 0. The summed E-state index contributed by atoms with van der Waals surface area (Å²) < 4.78 is 5.97. The molecule has 0 saturated heterocycles. The van der Waals surface area contributed by atoms with Gasteiger partial charge < -0.3 is 6.90 Å². The summed E-state index contributed by atoms with van der Waals surface area (Å²) in [6.45, 7) is 0.681. The molecule has 0 aromatic heterocycles. The molecule has 0 heterocycles. The second kappa shape index (κ2) is 12.4. The molecule has 0 bridgehead atoms. The summed E-state index contributed by atoms with van der Waals surface area (Å²) in [5.41, 5.74) is 0. The minimum atomic E-state index is 0. The van der Waals surface area contributed by atoms with Crippen molar-refractivity contribution in [3.63, 3.8) is 0 Å². The Balaban J connectivity index is 0. The zero-order valence-corrected chi connectivity index (χ0v) is 2.52. The Morgan fingerprint density at radius 3 is 2.50 bits per heavy atom. The second-order valence-electron chi connectivity index (χ2n) is 0.129. The normalized spacial score (nSPS) is 4.25. The fraction of sp³-hybridized carbons (Fsp3) is 0. The van der Waals surface area contributed by atoms with Gasteiger partial charge >= 0.3 is 18.9 Å². The molecular weight excluding hydrogens is 45.0 g/mol. The molecule has 0 atom stereocenters. The summed E-state index contributed by atoms with van der Waals surface area (Å²) in [6, 6.07) is 1.47. The number of hydrogen-bond donors (Lipinski definition) is 0. The minimum Gasteiger partial charge on any atom is -0.305 e. The van der Waals surface area contributed by atoms with Gasteiger partial charge in [0.15, 0.2) is 0 Å². The van der Waals surface area contributed by atoms with Gasteiger partial charge in [0.25, 0.3) is 0 Å². The molecular formula is C2H2LiN. The van der Waals surface area contributed by atoms with E-state index in [-0.39, 0.29) is 18.9 Å². The first-order valence-corrected chi connectivity index (χ1v) is 0.512.